The van der Waals surface area contributed by atoms with E-state index in [1.807, 2.05) is 48.5 Å². The molecular formula is C28H30N4O6S. The topological polar surface area (TPSA) is 165 Å². The zero-order valence-electron chi connectivity index (χ0n) is 21.4. The molecule has 3 aromatic carbocycles. The van der Waals surface area contributed by atoms with Gasteiger partial charge in [-0.3, -0.25) is 4.99 Å². The molecule has 1 aliphatic carbocycles. The standard InChI is InChI=1S/C28H30N4O6S/c1-18-12-14-19(15-13-18)39(36,37)32(25(26(33)34)11-6-16-31-27(29)30)28(35)38-17-24-22-9-4-2-7-20(22)21-8-3-5-10-23(21)24/h2-5,7-10,12-15,24-25H,6,11,16-17H2,1H3,(H,33,34)(H4,29,30,31)/t25-/m0/s1. The first-order valence-electron chi connectivity index (χ1n) is 12.4. The lowest BCUT2D eigenvalue weighted by Crippen LogP contribution is -2.49. The number of carboxylic acids is 1. The van der Waals surface area contributed by atoms with Crippen LogP contribution in [0.15, 0.2) is 82.7 Å². The number of rotatable bonds is 10. The molecule has 0 radical (unpaired) electrons. The fraction of sp³-hybridized carbons (Fsp3) is 0.250. The summed E-state index contributed by atoms with van der Waals surface area (Å²) in [7, 11) is -4.59. The molecule has 0 fully saturated rings. The van der Waals surface area contributed by atoms with Crippen molar-refractivity contribution in [3.8, 4) is 11.1 Å². The van der Waals surface area contributed by atoms with Gasteiger partial charge in [0.2, 0.25) is 0 Å². The highest BCUT2D eigenvalue weighted by Gasteiger charge is 2.41. The van der Waals surface area contributed by atoms with E-state index in [9.17, 15) is 23.1 Å². The molecule has 0 saturated carbocycles. The van der Waals surface area contributed by atoms with Crippen LogP contribution in [0.1, 0.15) is 35.4 Å². The van der Waals surface area contributed by atoms with Gasteiger partial charge in [-0.15, -0.1) is 0 Å². The van der Waals surface area contributed by atoms with Gasteiger partial charge in [0.25, 0.3) is 10.0 Å². The van der Waals surface area contributed by atoms with Crippen LogP contribution in [0.2, 0.25) is 0 Å². The SMILES string of the molecule is Cc1ccc(S(=O)(=O)N(C(=O)OCC2c3ccccc3-c3ccccc32)[C@@H](CCCN=C(N)N)C(=O)O)cc1. The summed E-state index contributed by atoms with van der Waals surface area (Å²) in [6.07, 6.45) is -1.38. The molecule has 0 saturated heterocycles. The molecule has 1 amide bonds. The second-order valence-corrected chi connectivity index (χ2v) is 11.0. The minimum atomic E-state index is -4.59. The Hall–Kier alpha value is -4.38. The first-order valence-corrected chi connectivity index (χ1v) is 13.8. The highest BCUT2D eigenvalue weighted by Crippen LogP contribution is 2.44. The van der Waals surface area contributed by atoms with Gasteiger partial charge >= 0.3 is 12.1 Å². The van der Waals surface area contributed by atoms with Crippen LogP contribution in [0.3, 0.4) is 0 Å². The number of benzene rings is 3. The highest BCUT2D eigenvalue weighted by atomic mass is 32.2. The van der Waals surface area contributed by atoms with E-state index in [0.29, 0.717) is 4.31 Å². The third-order valence-electron chi connectivity index (χ3n) is 6.59. The number of carbonyl (C=O) groups is 2. The third-order valence-corrected chi connectivity index (χ3v) is 8.38. The van der Waals surface area contributed by atoms with Gasteiger partial charge in [-0.1, -0.05) is 66.2 Å². The summed E-state index contributed by atoms with van der Waals surface area (Å²) < 4.78 is 33.2. The van der Waals surface area contributed by atoms with E-state index in [4.69, 9.17) is 16.2 Å². The molecule has 204 valence electrons. The van der Waals surface area contributed by atoms with Crippen molar-refractivity contribution >= 4 is 28.0 Å². The van der Waals surface area contributed by atoms with Crippen molar-refractivity contribution in [1.29, 1.82) is 0 Å². The largest absolute Gasteiger partial charge is 0.480 e. The predicted octanol–water partition coefficient (Wildman–Crippen LogP) is 3.44. The van der Waals surface area contributed by atoms with Gasteiger partial charge in [0, 0.05) is 12.5 Å². The molecule has 0 aliphatic heterocycles. The van der Waals surface area contributed by atoms with Crippen molar-refractivity contribution in [2.75, 3.05) is 13.2 Å². The number of guanidine groups is 1. The number of carbonyl (C=O) groups excluding carboxylic acids is 1. The number of aliphatic carboxylic acids is 1. The van der Waals surface area contributed by atoms with E-state index in [-0.39, 0.29) is 42.8 Å². The average Bonchev–Trinajstić information content (AvgIpc) is 3.22. The number of aryl methyl sites for hydroxylation is 1. The maximum absolute atomic E-state index is 13.7. The van der Waals surface area contributed by atoms with E-state index >= 15 is 0 Å². The predicted molar refractivity (Wildman–Crippen MR) is 147 cm³/mol. The number of amides is 1. The molecule has 0 bridgehead atoms. The fourth-order valence-electron chi connectivity index (χ4n) is 4.71. The molecule has 0 spiro atoms. The number of hydrogen-bond donors (Lipinski definition) is 3. The van der Waals surface area contributed by atoms with Gasteiger partial charge in [-0.05, 0) is 54.2 Å². The Kier molecular flexibility index (Phi) is 8.20. The van der Waals surface area contributed by atoms with Crippen LogP contribution in [0, 0.1) is 6.92 Å². The molecule has 0 unspecified atom stereocenters. The summed E-state index contributed by atoms with van der Waals surface area (Å²) >= 11 is 0. The summed E-state index contributed by atoms with van der Waals surface area (Å²) in [4.78, 5) is 29.4. The Morgan fingerprint density at radius 3 is 2.08 bits per heavy atom. The Bertz CT molecular complexity index is 1450. The Morgan fingerprint density at radius 2 is 1.54 bits per heavy atom. The number of aliphatic imine (C=N–C) groups is 1. The minimum Gasteiger partial charge on any atom is -0.480 e. The zero-order valence-corrected chi connectivity index (χ0v) is 22.2. The molecule has 10 nitrogen and oxygen atoms in total. The molecule has 1 atom stereocenters. The van der Waals surface area contributed by atoms with Crippen molar-refractivity contribution in [3.05, 3.63) is 89.5 Å². The summed E-state index contributed by atoms with van der Waals surface area (Å²) in [6, 6.07) is 19.4. The van der Waals surface area contributed by atoms with Gasteiger partial charge in [-0.2, -0.15) is 4.31 Å². The molecule has 4 rings (SSSR count). The van der Waals surface area contributed by atoms with Crippen LogP contribution >= 0.6 is 0 Å². The second-order valence-electron chi connectivity index (χ2n) is 9.22. The van der Waals surface area contributed by atoms with Gasteiger partial charge in [0.05, 0.1) is 4.90 Å². The molecule has 0 heterocycles. The van der Waals surface area contributed by atoms with Gasteiger partial charge in [0.15, 0.2) is 5.96 Å². The zero-order chi connectivity index (χ0) is 28.2. The Morgan fingerprint density at radius 1 is 0.974 bits per heavy atom. The molecule has 3 aromatic rings. The number of hydrogen-bond acceptors (Lipinski definition) is 6. The van der Waals surface area contributed by atoms with Crippen molar-refractivity contribution in [1.82, 2.24) is 4.31 Å². The van der Waals surface area contributed by atoms with E-state index < -0.39 is 28.1 Å². The summed E-state index contributed by atoms with van der Waals surface area (Å²) in [6.45, 7) is 1.67. The van der Waals surface area contributed by atoms with Crippen LogP contribution in [-0.4, -0.2) is 55.0 Å². The Labute approximate surface area is 227 Å². The van der Waals surface area contributed by atoms with Crippen molar-refractivity contribution in [2.45, 2.75) is 36.6 Å². The maximum Gasteiger partial charge on any atom is 0.424 e. The number of nitrogens with two attached hydrogens (primary N) is 2. The van der Waals surface area contributed by atoms with Gasteiger partial charge in [-0.25, -0.2) is 18.0 Å². The number of ether oxygens (including phenoxy) is 1. The smallest absolute Gasteiger partial charge is 0.424 e. The van der Waals surface area contributed by atoms with E-state index in [2.05, 4.69) is 4.99 Å². The molecule has 5 N–H and O–H groups in total. The van der Waals surface area contributed by atoms with E-state index in [1.54, 1.807) is 19.1 Å². The number of sulfonamides is 1. The molecular weight excluding hydrogens is 520 g/mol. The lowest BCUT2D eigenvalue weighted by molar-refractivity contribution is -0.141. The van der Waals surface area contributed by atoms with E-state index in [0.717, 1.165) is 27.8 Å². The van der Waals surface area contributed by atoms with Crippen LogP contribution in [0.25, 0.3) is 11.1 Å². The number of nitrogens with zero attached hydrogens (tertiary/aromatic N) is 2. The molecule has 0 aromatic heterocycles. The summed E-state index contributed by atoms with van der Waals surface area (Å²) in [5.41, 5.74) is 15.3. The third kappa shape index (κ3) is 5.88. The van der Waals surface area contributed by atoms with Crippen LogP contribution < -0.4 is 11.5 Å². The van der Waals surface area contributed by atoms with Crippen molar-refractivity contribution < 1.29 is 27.9 Å². The average molecular weight is 551 g/mol. The van der Waals surface area contributed by atoms with Crippen LogP contribution in [-0.2, 0) is 19.6 Å². The number of fused-ring (bicyclic) bond motifs is 3. The maximum atomic E-state index is 13.7. The number of carboxylic acid groups (broad SMARTS) is 1. The monoisotopic (exact) mass is 550 g/mol. The van der Waals surface area contributed by atoms with Crippen molar-refractivity contribution in [3.63, 3.8) is 0 Å². The van der Waals surface area contributed by atoms with Gasteiger partial charge < -0.3 is 21.3 Å². The first-order chi connectivity index (χ1) is 18.6. The fourth-order valence-corrected chi connectivity index (χ4v) is 6.19. The second kappa shape index (κ2) is 11.6. The highest BCUT2D eigenvalue weighted by molar-refractivity contribution is 7.89. The molecule has 11 heteroatoms. The molecule has 39 heavy (non-hydrogen) atoms. The van der Waals surface area contributed by atoms with E-state index in [1.165, 1.54) is 12.1 Å². The normalized spacial score (nSPS) is 13.2. The van der Waals surface area contributed by atoms with Crippen molar-refractivity contribution in [2.24, 2.45) is 16.5 Å². The first kappa shape index (κ1) is 27.6. The van der Waals surface area contributed by atoms with Crippen LogP contribution in [0.4, 0.5) is 4.79 Å². The minimum absolute atomic E-state index is 0.0647. The Balaban J connectivity index is 1.65. The van der Waals surface area contributed by atoms with Gasteiger partial charge in [0.1, 0.15) is 12.6 Å². The lowest BCUT2D eigenvalue weighted by Gasteiger charge is -2.28. The quantitative estimate of drug-likeness (QED) is 0.196. The van der Waals surface area contributed by atoms with Crippen LogP contribution in [0.5, 0.6) is 0 Å². The summed E-state index contributed by atoms with van der Waals surface area (Å²) in [5.74, 6) is -2.01. The lowest BCUT2D eigenvalue weighted by atomic mass is 9.98. The molecule has 1 aliphatic rings. The summed E-state index contributed by atoms with van der Waals surface area (Å²) in [5, 5.41) is 10.00.